The van der Waals surface area contributed by atoms with Crippen LogP contribution in [0.4, 0.5) is 16.2 Å². The van der Waals surface area contributed by atoms with Gasteiger partial charge in [0, 0.05) is 31.1 Å². The van der Waals surface area contributed by atoms with Crippen molar-refractivity contribution in [3.05, 3.63) is 23.2 Å². The molecule has 1 aromatic carbocycles. The number of hydrogen-bond acceptors (Lipinski definition) is 5. The third-order valence-corrected chi connectivity index (χ3v) is 3.86. The summed E-state index contributed by atoms with van der Waals surface area (Å²) in [6.45, 7) is 3.21. The minimum atomic E-state index is -0.336. The first-order chi connectivity index (χ1) is 11.6. The maximum atomic E-state index is 12.0. The monoisotopic (exact) mass is 355 g/mol. The average molecular weight is 356 g/mol. The van der Waals surface area contributed by atoms with Crippen molar-refractivity contribution in [3.8, 4) is 0 Å². The number of carbonyl (C=O) groups excluding carboxylic acids is 2. The molecule has 7 nitrogen and oxygen atoms in total. The summed E-state index contributed by atoms with van der Waals surface area (Å²) in [5, 5.41) is 6.08. The third-order valence-electron chi connectivity index (χ3n) is 3.63. The van der Waals surface area contributed by atoms with Crippen molar-refractivity contribution in [1.29, 1.82) is 0 Å². The van der Waals surface area contributed by atoms with Crippen LogP contribution in [0.1, 0.15) is 12.8 Å². The van der Waals surface area contributed by atoms with E-state index in [9.17, 15) is 9.59 Å². The smallest absolute Gasteiger partial charge is 0.319 e. The summed E-state index contributed by atoms with van der Waals surface area (Å²) in [6, 6.07) is 5.07. The number of rotatable bonds is 6. The quantitative estimate of drug-likeness (QED) is 0.604. The number of benzene rings is 1. The number of morpholine rings is 1. The molecule has 2 rings (SSSR count). The van der Waals surface area contributed by atoms with Gasteiger partial charge >= 0.3 is 12.0 Å². The molecule has 1 aromatic rings. The molecule has 1 saturated heterocycles. The van der Waals surface area contributed by atoms with E-state index in [1.54, 1.807) is 12.1 Å². The van der Waals surface area contributed by atoms with Crippen LogP contribution in [0.3, 0.4) is 0 Å². The Morgan fingerprint density at radius 3 is 2.79 bits per heavy atom. The normalized spacial score (nSPS) is 14.2. The predicted molar refractivity (Wildman–Crippen MR) is 92.8 cm³/mol. The van der Waals surface area contributed by atoms with E-state index in [0.29, 0.717) is 36.9 Å². The van der Waals surface area contributed by atoms with Crippen molar-refractivity contribution < 1.29 is 19.1 Å². The molecule has 0 aliphatic carbocycles. The minimum Gasteiger partial charge on any atom is -0.469 e. The van der Waals surface area contributed by atoms with E-state index in [-0.39, 0.29) is 18.4 Å². The Balaban J connectivity index is 1.91. The van der Waals surface area contributed by atoms with Crippen LogP contribution in [0.5, 0.6) is 0 Å². The molecule has 0 saturated carbocycles. The highest BCUT2D eigenvalue weighted by atomic mass is 35.5. The molecular weight excluding hydrogens is 334 g/mol. The Kier molecular flexibility index (Phi) is 7.14. The number of anilines is 2. The molecule has 0 atom stereocenters. The van der Waals surface area contributed by atoms with Gasteiger partial charge in [-0.2, -0.15) is 0 Å². The maximum absolute atomic E-state index is 12.0. The van der Waals surface area contributed by atoms with Crippen molar-refractivity contribution >= 4 is 35.0 Å². The summed E-state index contributed by atoms with van der Waals surface area (Å²) in [5.41, 5.74) is 1.56. The van der Waals surface area contributed by atoms with Gasteiger partial charge in [0.2, 0.25) is 0 Å². The molecule has 1 heterocycles. The van der Waals surface area contributed by atoms with Gasteiger partial charge in [-0.1, -0.05) is 11.6 Å². The molecule has 0 radical (unpaired) electrons. The standard InChI is InChI=1S/C16H22ClN3O4/c1-23-15(21)3-2-6-18-16(22)19-13-11-12(17)4-5-14(13)20-7-9-24-10-8-20/h4-5,11H,2-3,6-10H2,1H3,(H2,18,19,22). The van der Waals surface area contributed by atoms with Crippen LogP contribution in [0.15, 0.2) is 18.2 Å². The Bertz CT molecular complexity index is 576. The van der Waals surface area contributed by atoms with Crippen molar-refractivity contribution in [2.75, 3.05) is 50.2 Å². The summed E-state index contributed by atoms with van der Waals surface area (Å²) >= 11 is 6.05. The van der Waals surface area contributed by atoms with Gasteiger partial charge in [0.05, 0.1) is 31.7 Å². The summed E-state index contributed by atoms with van der Waals surface area (Å²) in [7, 11) is 1.34. The second-order valence-corrected chi connectivity index (χ2v) is 5.76. The number of hydrogen-bond donors (Lipinski definition) is 2. The molecule has 8 heteroatoms. The van der Waals surface area contributed by atoms with Gasteiger partial charge in [0.25, 0.3) is 0 Å². The largest absolute Gasteiger partial charge is 0.469 e. The van der Waals surface area contributed by atoms with Crippen LogP contribution in [0, 0.1) is 0 Å². The van der Waals surface area contributed by atoms with Gasteiger partial charge in [-0.3, -0.25) is 4.79 Å². The summed E-state index contributed by atoms with van der Waals surface area (Å²) in [4.78, 5) is 25.2. The van der Waals surface area contributed by atoms with Crippen LogP contribution in [0.25, 0.3) is 0 Å². The number of nitrogens with one attached hydrogen (secondary N) is 2. The Labute approximate surface area is 146 Å². The number of amides is 2. The van der Waals surface area contributed by atoms with Crippen LogP contribution < -0.4 is 15.5 Å². The average Bonchev–Trinajstić information content (AvgIpc) is 2.59. The van der Waals surface area contributed by atoms with Crippen LogP contribution in [-0.2, 0) is 14.3 Å². The highest BCUT2D eigenvalue weighted by Gasteiger charge is 2.16. The molecule has 0 spiro atoms. The van der Waals surface area contributed by atoms with Crippen LogP contribution in [0.2, 0.25) is 5.02 Å². The fraction of sp³-hybridized carbons (Fsp3) is 0.500. The lowest BCUT2D eigenvalue weighted by Gasteiger charge is -2.30. The van der Waals surface area contributed by atoms with Gasteiger partial charge in [0.1, 0.15) is 0 Å². The number of methoxy groups -OCH3 is 1. The Morgan fingerprint density at radius 1 is 1.33 bits per heavy atom. The van der Waals surface area contributed by atoms with Gasteiger partial charge in [-0.15, -0.1) is 0 Å². The molecule has 0 aromatic heterocycles. The van der Waals surface area contributed by atoms with E-state index in [4.69, 9.17) is 16.3 Å². The second-order valence-electron chi connectivity index (χ2n) is 5.32. The summed E-state index contributed by atoms with van der Waals surface area (Å²) in [6.07, 6.45) is 0.791. The molecular formula is C16H22ClN3O4. The highest BCUT2D eigenvalue weighted by molar-refractivity contribution is 6.31. The lowest BCUT2D eigenvalue weighted by Crippen LogP contribution is -2.37. The third kappa shape index (κ3) is 5.58. The van der Waals surface area contributed by atoms with E-state index in [2.05, 4.69) is 20.3 Å². The van der Waals surface area contributed by atoms with Crippen molar-refractivity contribution in [2.24, 2.45) is 0 Å². The first kappa shape index (κ1) is 18.4. The van der Waals surface area contributed by atoms with Crippen LogP contribution >= 0.6 is 11.6 Å². The molecule has 2 amide bonds. The predicted octanol–water partition coefficient (Wildman–Crippen LogP) is 2.25. The van der Waals surface area contributed by atoms with Gasteiger partial charge in [0.15, 0.2) is 0 Å². The van der Waals surface area contributed by atoms with E-state index in [1.165, 1.54) is 7.11 Å². The van der Waals surface area contributed by atoms with E-state index < -0.39 is 0 Å². The maximum Gasteiger partial charge on any atom is 0.319 e. The topological polar surface area (TPSA) is 79.9 Å². The lowest BCUT2D eigenvalue weighted by molar-refractivity contribution is -0.140. The lowest BCUT2D eigenvalue weighted by atomic mass is 10.2. The number of esters is 1. The van der Waals surface area contributed by atoms with E-state index >= 15 is 0 Å². The zero-order valence-corrected chi connectivity index (χ0v) is 14.4. The molecule has 1 fully saturated rings. The highest BCUT2D eigenvalue weighted by Crippen LogP contribution is 2.29. The number of halogens is 1. The van der Waals surface area contributed by atoms with E-state index in [0.717, 1.165) is 18.8 Å². The van der Waals surface area contributed by atoms with Crippen molar-refractivity contribution in [1.82, 2.24) is 5.32 Å². The molecule has 24 heavy (non-hydrogen) atoms. The molecule has 0 bridgehead atoms. The summed E-state index contributed by atoms with van der Waals surface area (Å²) in [5.74, 6) is -0.290. The molecule has 1 aliphatic heterocycles. The van der Waals surface area contributed by atoms with Gasteiger partial charge in [-0.25, -0.2) is 4.79 Å². The summed E-state index contributed by atoms with van der Waals surface area (Å²) < 4.78 is 9.91. The molecule has 0 unspecified atom stereocenters. The fourth-order valence-corrected chi connectivity index (χ4v) is 2.56. The van der Waals surface area contributed by atoms with E-state index in [1.807, 2.05) is 6.07 Å². The van der Waals surface area contributed by atoms with Crippen molar-refractivity contribution in [2.45, 2.75) is 12.8 Å². The zero-order valence-electron chi connectivity index (χ0n) is 13.6. The van der Waals surface area contributed by atoms with Gasteiger partial charge in [-0.05, 0) is 24.6 Å². The molecule has 2 N–H and O–H groups in total. The number of carbonyl (C=O) groups is 2. The number of nitrogens with zero attached hydrogens (tertiary/aromatic N) is 1. The second kappa shape index (κ2) is 9.34. The first-order valence-corrected chi connectivity index (χ1v) is 8.22. The number of urea groups is 1. The molecule has 132 valence electrons. The SMILES string of the molecule is COC(=O)CCCNC(=O)Nc1cc(Cl)ccc1N1CCOCC1. The van der Waals surface area contributed by atoms with Gasteiger partial charge < -0.3 is 25.0 Å². The zero-order chi connectivity index (χ0) is 17.4. The van der Waals surface area contributed by atoms with Crippen LogP contribution in [-0.4, -0.2) is 52.0 Å². The molecule has 1 aliphatic rings. The number of ether oxygens (including phenoxy) is 2. The van der Waals surface area contributed by atoms with Crippen molar-refractivity contribution in [3.63, 3.8) is 0 Å². The first-order valence-electron chi connectivity index (χ1n) is 7.84. The minimum absolute atomic E-state index is 0.271. The Morgan fingerprint density at radius 2 is 2.08 bits per heavy atom. The fourth-order valence-electron chi connectivity index (χ4n) is 2.39. The Hall–Kier alpha value is -1.99.